The first-order valence-corrected chi connectivity index (χ1v) is 6.31. The minimum atomic E-state index is 0.503. The van der Waals surface area contributed by atoms with Crippen LogP contribution in [0.25, 0.3) is 0 Å². The maximum atomic E-state index is 7.31. The summed E-state index contributed by atoms with van der Waals surface area (Å²) in [4.78, 5) is 4.22. The van der Waals surface area contributed by atoms with Gasteiger partial charge in [0.15, 0.2) is 0 Å². The van der Waals surface area contributed by atoms with Crippen molar-refractivity contribution >= 4 is 12.1 Å². The van der Waals surface area contributed by atoms with Crippen molar-refractivity contribution in [2.24, 2.45) is 16.8 Å². The van der Waals surface area contributed by atoms with E-state index in [-0.39, 0.29) is 0 Å². The molecular formula is C14H20N2O. The van der Waals surface area contributed by atoms with Crippen molar-refractivity contribution in [3.8, 4) is 0 Å². The van der Waals surface area contributed by atoms with Gasteiger partial charge < -0.3 is 10.1 Å². The lowest BCUT2D eigenvalue weighted by Gasteiger charge is -2.27. The molecule has 2 aliphatic rings. The predicted molar refractivity (Wildman–Crippen MR) is 70.5 cm³/mol. The second-order valence-electron chi connectivity index (χ2n) is 4.76. The van der Waals surface area contributed by atoms with Gasteiger partial charge in [-0.25, -0.2) is 4.99 Å². The van der Waals surface area contributed by atoms with Crippen LogP contribution < -0.4 is 0 Å². The summed E-state index contributed by atoms with van der Waals surface area (Å²) in [5, 5.41) is 7.31. The van der Waals surface area contributed by atoms with Crippen LogP contribution in [0.5, 0.6) is 0 Å². The van der Waals surface area contributed by atoms with Crippen LogP contribution in [0.3, 0.4) is 0 Å². The number of hydrogen-bond acceptors (Lipinski definition) is 3. The van der Waals surface area contributed by atoms with Crippen LogP contribution in [0.4, 0.5) is 0 Å². The molecule has 1 fully saturated rings. The molecule has 0 bridgehead atoms. The molecule has 0 saturated heterocycles. The van der Waals surface area contributed by atoms with E-state index in [1.54, 1.807) is 13.3 Å². The highest BCUT2D eigenvalue weighted by molar-refractivity contribution is 5.89. The molecule has 0 aromatic carbocycles. The van der Waals surface area contributed by atoms with Crippen molar-refractivity contribution in [1.29, 1.82) is 5.41 Å². The van der Waals surface area contributed by atoms with E-state index in [1.807, 2.05) is 6.20 Å². The molecule has 1 aliphatic carbocycles. The molecule has 1 aliphatic heterocycles. The van der Waals surface area contributed by atoms with E-state index >= 15 is 0 Å². The number of nitrogens with one attached hydrogen (secondary N) is 1. The van der Waals surface area contributed by atoms with Gasteiger partial charge in [0.25, 0.3) is 0 Å². The minimum absolute atomic E-state index is 0.503. The summed E-state index contributed by atoms with van der Waals surface area (Å²) in [7, 11) is 1.66. The summed E-state index contributed by atoms with van der Waals surface area (Å²) in [6.07, 6.45) is 13.3. The zero-order chi connectivity index (χ0) is 12.1. The Kier molecular flexibility index (Phi) is 4.13. The molecule has 1 N–H and O–H groups in total. The van der Waals surface area contributed by atoms with E-state index in [0.717, 1.165) is 19.3 Å². The van der Waals surface area contributed by atoms with Crippen molar-refractivity contribution in [3.05, 3.63) is 23.9 Å². The zero-order valence-corrected chi connectivity index (χ0v) is 10.4. The first-order valence-electron chi connectivity index (χ1n) is 6.31. The number of hydrogen-bond donors (Lipinski definition) is 1. The molecule has 0 unspecified atom stereocenters. The normalized spacial score (nSPS) is 29.0. The molecular weight excluding hydrogens is 212 g/mol. The van der Waals surface area contributed by atoms with Gasteiger partial charge in [0.2, 0.25) is 5.90 Å². The molecule has 0 radical (unpaired) electrons. The number of ether oxygens (including phenoxy) is 1. The maximum absolute atomic E-state index is 7.31. The van der Waals surface area contributed by atoms with E-state index in [9.17, 15) is 0 Å². The standard InChI is InChI=1S/C14H20N2O/c1-17-14-9-13(3-2-8-16-14)12-6-4-11(10-15)5-7-12/h2,8-12,15H,3-7H2,1H3. The van der Waals surface area contributed by atoms with Crippen LogP contribution in [0.1, 0.15) is 32.1 Å². The highest BCUT2D eigenvalue weighted by Crippen LogP contribution is 2.34. The Hall–Kier alpha value is -1.38. The Bertz CT molecular complexity index is 360. The summed E-state index contributed by atoms with van der Waals surface area (Å²) in [5.41, 5.74) is 1.43. The molecule has 0 aromatic heterocycles. The highest BCUT2D eigenvalue weighted by atomic mass is 16.5. The van der Waals surface area contributed by atoms with Crippen molar-refractivity contribution in [3.63, 3.8) is 0 Å². The summed E-state index contributed by atoms with van der Waals surface area (Å²) < 4.78 is 5.22. The van der Waals surface area contributed by atoms with Gasteiger partial charge in [-0.2, -0.15) is 0 Å². The number of methoxy groups -OCH3 is 1. The Morgan fingerprint density at radius 1 is 1.35 bits per heavy atom. The monoisotopic (exact) mass is 232 g/mol. The number of allylic oxidation sites excluding steroid dienone is 2. The molecule has 0 spiro atoms. The molecule has 1 heterocycles. The molecule has 3 nitrogen and oxygen atoms in total. The zero-order valence-electron chi connectivity index (χ0n) is 10.4. The van der Waals surface area contributed by atoms with Crippen LogP contribution >= 0.6 is 0 Å². The topological polar surface area (TPSA) is 45.4 Å². The fourth-order valence-electron chi connectivity index (χ4n) is 2.62. The van der Waals surface area contributed by atoms with Crippen molar-refractivity contribution < 1.29 is 4.74 Å². The highest BCUT2D eigenvalue weighted by Gasteiger charge is 2.22. The molecule has 1 saturated carbocycles. The van der Waals surface area contributed by atoms with Crippen molar-refractivity contribution in [2.75, 3.05) is 7.11 Å². The lowest BCUT2D eigenvalue weighted by atomic mass is 9.78. The van der Waals surface area contributed by atoms with E-state index in [1.165, 1.54) is 18.4 Å². The molecule has 0 amide bonds. The molecule has 92 valence electrons. The van der Waals surface area contributed by atoms with Gasteiger partial charge in [-0.3, -0.25) is 0 Å². The Morgan fingerprint density at radius 2 is 2.12 bits per heavy atom. The lowest BCUT2D eigenvalue weighted by molar-refractivity contribution is 0.357. The SMILES string of the molecule is COC1=NC=CCC(C2CCC(C=N)CC2)=C1. The largest absolute Gasteiger partial charge is 0.481 e. The summed E-state index contributed by atoms with van der Waals surface area (Å²) in [6, 6.07) is 0. The average molecular weight is 232 g/mol. The molecule has 2 rings (SSSR count). The minimum Gasteiger partial charge on any atom is -0.481 e. The van der Waals surface area contributed by atoms with Crippen molar-refractivity contribution in [1.82, 2.24) is 0 Å². The Morgan fingerprint density at radius 3 is 2.76 bits per heavy atom. The van der Waals surface area contributed by atoms with E-state index in [4.69, 9.17) is 10.1 Å². The van der Waals surface area contributed by atoms with Gasteiger partial charge in [0.05, 0.1) is 7.11 Å². The van der Waals surface area contributed by atoms with E-state index in [0.29, 0.717) is 17.7 Å². The van der Waals surface area contributed by atoms with E-state index in [2.05, 4.69) is 17.1 Å². The molecule has 3 heteroatoms. The molecule has 0 atom stereocenters. The summed E-state index contributed by atoms with van der Waals surface area (Å²) >= 11 is 0. The third-order valence-electron chi connectivity index (χ3n) is 3.71. The first kappa shape index (κ1) is 12.1. The van der Waals surface area contributed by atoms with Crippen LogP contribution in [-0.2, 0) is 4.74 Å². The second kappa shape index (κ2) is 5.80. The quantitative estimate of drug-likeness (QED) is 0.729. The fraction of sp³-hybridized carbons (Fsp3) is 0.571. The number of rotatable bonds is 2. The summed E-state index contributed by atoms with van der Waals surface area (Å²) in [5.74, 6) is 1.86. The molecule has 0 aromatic rings. The average Bonchev–Trinajstić information content (AvgIpc) is 2.64. The van der Waals surface area contributed by atoms with Crippen LogP contribution in [0.15, 0.2) is 28.9 Å². The smallest absolute Gasteiger partial charge is 0.212 e. The van der Waals surface area contributed by atoms with E-state index < -0.39 is 0 Å². The molecule has 17 heavy (non-hydrogen) atoms. The van der Waals surface area contributed by atoms with Gasteiger partial charge >= 0.3 is 0 Å². The van der Waals surface area contributed by atoms with Gasteiger partial charge in [-0.05, 0) is 50.2 Å². The van der Waals surface area contributed by atoms with Crippen LogP contribution in [0, 0.1) is 17.2 Å². The third kappa shape index (κ3) is 3.05. The van der Waals surface area contributed by atoms with Gasteiger partial charge in [0.1, 0.15) is 0 Å². The van der Waals surface area contributed by atoms with Gasteiger partial charge in [-0.1, -0.05) is 11.6 Å². The van der Waals surface area contributed by atoms with Gasteiger partial charge in [-0.15, -0.1) is 0 Å². The Balaban J connectivity index is 2.03. The number of nitrogens with zero attached hydrogens (tertiary/aromatic N) is 1. The van der Waals surface area contributed by atoms with Crippen LogP contribution in [-0.4, -0.2) is 19.2 Å². The second-order valence-corrected chi connectivity index (χ2v) is 4.76. The Labute approximate surface area is 103 Å². The maximum Gasteiger partial charge on any atom is 0.212 e. The van der Waals surface area contributed by atoms with Gasteiger partial charge in [0, 0.05) is 12.3 Å². The van der Waals surface area contributed by atoms with Crippen LogP contribution in [0.2, 0.25) is 0 Å². The first-order chi connectivity index (χ1) is 8.33. The predicted octanol–water partition coefficient (Wildman–Crippen LogP) is 3.33. The summed E-state index contributed by atoms with van der Waals surface area (Å²) in [6.45, 7) is 0. The third-order valence-corrected chi connectivity index (χ3v) is 3.71. The number of aliphatic imine (C=N–C) groups is 1. The fourth-order valence-corrected chi connectivity index (χ4v) is 2.62. The van der Waals surface area contributed by atoms with Crippen molar-refractivity contribution in [2.45, 2.75) is 32.1 Å². The lowest BCUT2D eigenvalue weighted by Crippen LogP contribution is -2.17.